The molecule has 2 atom stereocenters. The molecule has 1 fully saturated rings. The van der Waals surface area contributed by atoms with Gasteiger partial charge in [0.15, 0.2) is 0 Å². The zero-order valence-electron chi connectivity index (χ0n) is 6.82. The lowest BCUT2D eigenvalue weighted by Gasteiger charge is -2.30. The molecular formula is C8H15F2N. The summed E-state index contributed by atoms with van der Waals surface area (Å²) in [4.78, 5) is 0. The fourth-order valence-corrected chi connectivity index (χ4v) is 1.66. The van der Waals surface area contributed by atoms with Gasteiger partial charge in [-0.05, 0) is 25.7 Å². The van der Waals surface area contributed by atoms with E-state index in [2.05, 4.69) is 0 Å². The zero-order chi connectivity index (χ0) is 8.48. The lowest BCUT2D eigenvalue weighted by Crippen LogP contribution is -2.35. The molecule has 1 rings (SSSR count). The van der Waals surface area contributed by atoms with Crippen LogP contribution in [-0.2, 0) is 0 Å². The van der Waals surface area contributed by atoms with Gasteiger partial charge in [0.1, 0.15) is 0 Å². The van der Waals surface area contributed by atoms with Crippen molar-refractivity contribution in [3.8, 4) is 0 Å². The average Bonchev–Trinajstić information content (AvgIpc) is 1.85. The van der Waals surface area contributed by atoms with E-state index in [4.69, 9.17) is 5.73 Å². The lowest BCUT2D eigenvalue weighted by atomic mass is 9.83. The summed E-state index contributed by atoms with van der Waals surface area (Å²) in [5.41, 5.74) is 5.55. The quantitative estimate of drug-likeness (QED) is 0.629. The summed E-state index contributed by atoms with van der Waals surface area (Å²) in [6.45, 7) is 1.81. The third-order valence-corrected chi connectivity index (χ3v) is 2.42. The molecule has 11 heavy (non-hydrogen) atoms. The molecule has 0 radical (unpaired) electrons. The van der Waals surface area contributed by atoms with Crippen LogP contribution in [0.4, 0.5) is 8.78 Å². The van der Waals surface area contributed by atoms with Gasteiger partial charge < -0.3 is 5.73 Å². The van der Waals surface area contributed by atoms with Crippen LogP contribution in [-0.4, -0.2) is 12.0 Å². The van der Waals surface area contributed by atoms with E-state index in [-0.39, 0.29) is 24.8 Å². The molecule has 1 aliphatic carbocycles. The fraction of sp³-hybridized carbons (Fsp3) is 1.00. The SMILES string of the molecule is C[C@@H](N)C1CCCC(F)(F)C1. The Kier molecular flexibility index (Phi) is 2.47. The Bertz CT molecular complexity index is 134. The van der Waals surface area contributed by atoms with Gasteiger partial charge in [-0.25, -0.2) is 8.78 Å². The Morgan fingerprint density at radius 2 is 2.18 bits per heavy atom. The van der Waals surface area contributed by atoms with Crippen molar-refractivity contribution in [1.29, 1.82) is 0 Å². The Hall–Kier alpha value is -0.180. The maximum Gasteiger partial charge on any atom is 0.248 e. The van der Waals surface area contributed by atoms with Crippen LogP contribution in [0.1, 0.15) is 32.6 Å². The molecule has 3 heteroatoms. The summed E-state index contributed by atoms with van der Waals surface area (Å²) in [6.07, 6.45) is 1.54. The number of halogens is 2. The van der Waals surface area contributed by atoms with Crippen LogP contribution in [0.2, 0.25) is 0 Å². The Morgan fingerprint density at radius 3 is 2.55 bits per heavy atom. The number of alkyl halides is 2. The summed E-state index contributed by atoms with van der Waals surface area (Å²) >= 11 is 0. The lowest BCUT2D eigenvalue weighted by molar-refractivity contribution is -0.0553. The standard InChI is InChI=1S/C8H15F2N/c1-6(11)7-3-2-4-8(9,10)5-7/h6-7H,2-5,11H2,1H3/t6-,7?/m1/s1. The number of rotatable bonds is 1. The molecule has 0 aromatic carbocycles. The molecule has 0 bridgehead atoms. The van der Waals surface area contributed by atoms with Crippen molar-refractivity contribution in [2.75, 3.05) is 0 Å². The van der Waals surface area contributed by atoms with Gasteiger partial charge in [0.25, 0.3) is 0 Å². The van der Waals surface area contributed by atoms with Gasteiger partial charge in [-0.1, -0.05) is 0 Å². The van der Waals surface area contributed by atoms with Crippen LogP contribution in [0.3, 0.4) is 0 Å². The van der Waals surface area contributed by atoms with Gasteiger partial charge in [-0.15, -0.1) is 0 Å². The molecule has 66 valence electrons. The highest BCUT2D eigenvalue weighted by molar-refractivity contribution is 4.82. The summed E-state index contributed by atoms with van der Waals surface area (Å²) < 4.78 is 25.5. The number of hydrogen-bond donors (Lipinski definition) is 1. The van der Waals surface area contributed by atoms with Gasteiger partial charge in [0.2, 0.25) is 5.92 Å². The third kappa shape index (κ3) is 2.40. The largest absolute Gasteiger partial charge is 0.328 e. The Balaban J connectivity index is 2.46. The number of hydrogen-bond acceptors (Lipinski definition) is 1. The van der Waals surface area contributed by atoms with E-state index < -0.39 is 5.92 Å². The highest BCUT2D eigenvalue weighted by atomic mass is 19.3. The third-order valence-electron chi connectivity index (χ3n) is 2.42. The molecule has 1 saturated carbocycles. The van der Waals surface area contributed by atoms with Gasteiger partial charge in [0.05, 0.1) is 0 Å². The van der Waals surface area contributed by atoms with Crippen LogP contribution in [0.15, 0.2) is 0 Å². The minimum absolute atomic E-state index is 0.00926. The van der Waals surface area contributed by atoms with Crippen molar-refractivity contribution < 1.29 is 8.78 Å². The monoisotopic (exact) mass is 163 g/mol. The second kappa shape index (κ2) is 3.05. The predicted octanol–water partition coefficient (Wildman–Crippen LogP) is 2.16. The summed E-state index contributed by atoms with van der Waals surface area (Å²) in [5.74, 6) is -2.42. The molecule has 2 N–H and O–H groups in total. The minimum Gasteiger partial charge on any atom is -0.328 e. The molecule has 1 aliphatic rings. The second-order valence-corrected chi connectivity index (χ2v) is 3.57. The van der Waals surface area contributed by atoms with Crippen LogP contribution in [0.5, 0.6) is 0 Å². The molecule has 0 aliphatic heterocycles. The molecule has 0 heterocycles. The van der Waals surface area contributed by atoms with Crippen LogP contribution < -0.4 is 5.73 Å². The first-order valence-corrected chi connectivity index (χ1v) is 4.15. The molecule has 0 amide bonds. The fourth-order valence-electron chi connectivity index (χ4n) is 1.66. The topological polar surface area (TPSA) is 26.0 Å². The van der Waals surface area contributed by atoms with Gasteiger partial charge in [-0.3, -0.25) is 0 Å². The maximum atomic E-state index is 12.8. The van der Waals surface area contributed by atoms with Crippen molar-refractivity contribution in [3.05, 3.63) is 0 Å². The summed E-state index contributed by atoms with van der Waals surface area (Å²) in [5, 5.41) is 0. The van der Waals surface area contributed by atoms with E-state index in [0.29, 0.717) is 6.42 Å². The molecule has 0 saturated heterocycles. The van der Waals surface area contributed by atoms with Crippen LogP contribution in [0.25, 0.3) is 0 Å². The summed E-state index contributed by atoms with van der Waals surface area (Å²) in [6, 6.07) is -0.0822. The minimum atomic E-state index is -2.45. The maximum absolute atomic E-state index is 12.8. The van der Waals surface area contributed by atoms with E-state index in [1.807, 2.05) is 6.92 Å². The van der Waals surface area contributed by atoms with E-state index >= 15 is 0 Å². The molecule has 1 unspecified atom stereocenters. The highest BCUT2D eigenvalue weighted by Gasteiger charge is 2.37. The molecule has 0 spiro atoms. The zero-order valence-corrected chi connectivity index (χ0v) is 6.82. The van der Waals surface area contributed by atoms with E-state index in [0.717, 1.165) is 6.42 Å². The van der Waals surface area contributed by atoms with Crippen LogP contribution >= 0.6 is 0 Å². The van der Waals surface area contributed by atoms with E-state index in [1.165, 1.54) is 0 Å². The van der Waals surface area contributed by atoms with Gasteiger partial charge in [0, 0.05) is 18.9 Å². The summed E-state index contributed by atoms with van der Waals surface area (Å²) in [7, 11) is 0. The van der Waals surface area contributed by atoms with Crippen molar-refractivity contribution in [3.63, 3.8) is 0 Å². The first-order chi connectivity index (χ1) is 5.01. The van der Waals surface area contributed by atoms with E-state index in [1.54, 1.807) is 0 Å². The first-order valence-electron chi connectivity index (χ1n) is 4.15. The van der Waals surface area contributed by atoms with Crippen molar-refractivity contribution >= 4 is 0 Å². The number of nitrogens with two attached hydrogens (primary N) is 1. The van der Waals surface area contributed by atoms with Crippen molar-refractivity contribution in [2.45, 2.75) is 44.6 Å². The normalized spacial score (nSPS) is 33.3. The van der Waals surface area contributed by atoms with E-state index in [9.17, 15) is 8.78 Å². The predicted molar refractivity (Wildman–Crippen MR) is 40.6 cm³/mol. The molecule has 1 nitrogen and oxygen atoms in total. The van der Waals surface area contributed by atoms with Gasteiger partial charge >= 0.3 is 0 Å². The Labute approximate surface area is 66.0 Å². The second-order valence-electron chi connectivity index (χ2n) is 3.57. The Morgan fingerprint density at radius 1 is 1.55 bits per heavy atom. The first kappa shape index (κ1) is 8.91. The van der Waals surface area contributed by atoms with Crippen molar-refractivity contribution in [2.24, 2.45) is 11.7 Å². The average molecular weight is 163 g/mol. The van der Waals surface area contributed by atoms with Crippen molar-refractivity contribution in [1.82, 2.24) is 0 Å². The molecule has 0 aromatic heterocycles. The molecule has 0 aromatic rings. The highest BCUT2D eigenvalue weighted by Crippen LogP contribution is 2.37. The smallest absolute Gasteiger partial charge is 0.248 e. The molecular weight excluding hydrogens is 148 g/mol. The van der Waals surface area contributed by atoms with Gasteiger partial charge in [-0.2, -0.15) is 0 Å². The van der Waals surface area contributed by atoms with Crippen LogP contribution in [0, 0.1) is 5.92 Å².